The quantitative estimate of drug-likeness (QED) is 0.239. The van der Waals surface area contributed by atoms with Gasteiger partial charge in [-0.25, -0.2) is 0 Å². The van der Waals surface area contributed by atoms with Crippen LogP contribution >= 0.6 is 11.8 Å². The summed E-state index contributed by atoms with van der Waals surface area (Å²) in [6.07, 6.45) is -0.553. The van der Waals surface area contributed by atoms with Crippen molar-refractivity contribution in [3.63, 3.8) is 0 Å². The van der Waals surface area contributed by atoms with Gasteiger partial charge in [-0.3, -0.25) is 19.2 Å². The number of carbonyl (C=O) groups is 4. The highest BCUT2D eigenvalue weighted by Gasteiger charge is 2.45. The van der Waals surface area contributed by atoms with Crippen molar-refractivity contribution in [2.24, 2.45) is 5.41 Å². The fourth-order valence-electron chi connectivity index (χ4n) is 2.80. The topological polar surface area (TPSA) is 129 Å². The zero-order valence-electron chi connectivity index (χ0n) is 20.7. The van der Waals surface area contributed by atoms with Crippen molar-refractivity contribution in [1.82, 2.24) is 10.6 Å². The minimum Gasteiger partial charge on any atom is -0.434 e. The number of hydrogen-bond acceptors (Lipinski definition) is 9. The van der Waals surface area contributed by atoms with Gasteiger partial charge in [0.25, 0.3) is 0 Å². The molecule has 190 valence electrons. The maximum absolute atomic E-state index is 12.5. The van der Waals surface area contributed by atoms with Gasteiger partial charge in [-0.2, -0.15) is 0 Å². The monoisotopic (exact) mass is 490 g/mol. The molecule has 2 amide bonds. The average Bonchev–Trinajstić information content (AvgIpc) is 2.71. The Bertz CT molecular complexity index is 709. The molecule has 1 aliphatic heterocycles. The number of carbonyl (C=O) groups excluding carboxylic acids is 4. The molecule has 1 rings (SSSR count). The van der Waals surface area contributed by atoms with E-state index in [4.69, 9.17) is 18.9 Å². The highest BCUT2D eigenvalue weighted by molar-refractivity contribution is 8.13. The lowest BCUT2D eigenvalue weighted by molar-refractivity contribution is -0.304. The molecule has 0 unspecified atom stereocenters. The van der Waals surface area contributed by atoms with Crippen LogP contribution in [0, 0.1) is 5.41 Å². The number of ether oxygens (including phenoxy) is 4. The fourth-order valence-corrected chi connectivity index (χ4v) is 3.48. The summed E-state index contributed by atoms with van der Waals surface area (Å²) >= 11 is 1.04. The minimum atomic E-state index is -1.03. The largest absolute Gasteiger partial charge is 0.434 e. The molecule has 10 nitrogen and oxygen atoms in total. The second-order valence-electron chi connectivity index (χ2n) is 9.36. The second kappa shape index (κ2) is 12.7. The molecular weight excluding hydrogens is 452 g/mol. The molecule has 1 fully saturated rings. The Balaban J connectivity index is 2.19. The first-order valence-electron chi connectivity index (χ1n) is 11.0. The highest BCUT2D eigenvalue weighted by Crippen LogP contribution is 2.34. The van der Waals surface area contributed by atoms with Gasteiger partial charge < -0.3 is 29.6 Å². The van der Waals surface area contributed by atoms with Gasteiger partial charge in [-0.15, -0.1) is 0 Å². The number of thioether (sulfide) groups is 1. The van der Waals surface area contributed by atoms with E-state index in [2.05, 4.69) is 10.6 Å². The first-order valence-corrected chi connectivity index (χ1v) is 11.9. The summed E-state index contributed by atoms with van der Waals surface area (Å²) in [6, 6.07) is 0. The van der Waals surface area contributed by atoms with E-state index in [1.807, 2.05) is 13.8 Å². The van der Waals surface area contributed by atoms with E-state index in [1.54, 1.807) is 27.7 Å². The number of rotatable bonds is 12. The summed E-state index contributed by atoms with van der Waals surface area (Å²) in [5.74, 6) is -2.51. The summed E-state index contributed by atoms with van der Waals surface area (Å²) in [7, 11) is 1.43. The van der Waals surface area contributed by atoms with E-state index in [0.29, 0.717) is 18.9 Å². The van der Waals surface area contributed by atoms with Crippen molar-refractivity contribution in [2.75, 3.05) is 32.6 Å². The highest BCUT2D eigenvalue weighted by atomic mass is 32.2. The number of esters is 1. The van der Waals surface area contributed by atoms with Gasteiger partial charge in [0, 0.05) is 58.1 Å². The third-order valence-electron chi connectivity index (χ3n) is 4.86. The average molecular weight is 491 g/mol. The summed E-state index contributed by atoms with van der Waals surface area (Å²) in [4.78, 5) is 48.0. The molecule has 0 spiro atoms. The Kier molecular flexibility index (Phi) is 11.3. The van der Waals surface area contributed by atoms with Crippen LogP contribution in [-0.4, -0.2) is 73.1 Å². The first kappa shape index (κ1) is 29.3. The molecule has 0 bridgehead atoms. The summed E-state index contributed by atoms with van der Waals surface area (Å²) < 4.78 is 21.5. The Hall–Kier alpha value is -1.69. The van der Waals surface area contributed by atoms with E-state index in [0.717, 1.165) is 11.8 Å². The van der Waals surface area contributed by atoms with E-state index >= 15 is 0 Å². The molecule has 0 aromatic rings. The summed E-state index contributed by atoms with van der Waals surface area (Å²) in [5, 5.41) is 5.28. The number of nitrogens with one attached hydrogen (secondary N) is 2. The molecule has 33 heavy (non-hydrogen) atoms. The SMILES string of the molecule is COC(C)(C)OC(=O)CCC(=O)SCCNC(=O)CCNC(=O)[C@@H]1OC(C)(C)OCC1(C)C. The van der Waals surface area contributed by atoms with Crippen LogP contribution in [-0.2, 0) is 38.1 Å². The lowest BCUT2D eigenvalue weighted by atomic mass is 9.85. The lowest BCUT2D eigenvalue weighted by Gasteiger charge is -2.44. The number of methoxy groups -OCH3 is 1. The van der Waals surface area contributed by atoms with E-state index < -0.39 is 29.1 Å². The molecule has 0 aliphatic carbocycles. The van der Waals surface area contributed by atoms with Crippen LogP contribution in [0.5, 0.6) is 0 Å². The Morgan fingerprint density at radius 3 is 2.33 bits per heavy atom. The standard InChI is InChI=1S/C22H38N2O8S/c1-20(2)14-30-22(5,6)32-18(20)19(28)24-11-10-15(25)23-12-13-33-17(27)9-8-16(26)31-21(3,4)29-7/h18H,8-14H2,1-7H3,(H,23,25)(H,24,28)/t18-/m0/s1. The molecule has 1 atom stereocenters. The first-order chi connectivity index (χ1) is 15.2. The van der Waals surface area contributed by atoms with Crippen molar-refractivity contribution >= 4 is 34.7 Å². The van der Waals surface area contributed by atoms with Crippen LogP contribution in [0.1, 0.15) is 60.8 Å². The minimum absolute atomic E-state index is 0.0322. The molecular formula is C22H38N2O8S. The van der Waals surface area contributed by atoms with Crippen LogP contribution in [0.4, 0.5) is 0 Å². The Morgan fingerprint density at radius 1 is 1.03 bits per heavy atom. The maximum Gasteiger partial charge on any atom is 0.308 e. The molecule has 2 N–H and O–H groups in total. The van der Waals surface area contributed by atoms with Crippen LogP contribution in [0.3, 0.4) is 0 Å². The molecule has 0 radical (unpaired) electrons. The maximum atomic E-state index is 12.5. The van der Waals surface area contributed by atoms with E-state index in [-0.39, 0.29) is 42.7 Å². The van der Waals surface area contributed by atoms with Crippen molar-refractivity contribution in [3.05, 3.63) is 0 Å². The second-order valence-corrected chi connectivity index (χ2v) is 10.5. The van der Waals surface area contributed by atoms with Crippen molar-refractivity contribution in [3.8, 4) is 0 Å². The van der Waals surface area contributed by atoms with Crippen molar-refractivity contribution < 1.29 is 38.1 Å². The van der Waals surface area contributed by atoms with Gasteiger partial charge in [0.05, 0.1) is 13.0 Å². The van der Waals surface area contributed by atoms with Gasteiger partial charge in [0.2, 0.25) is 17.6 Å². The Morgan fingerprint density at radius 2 is 1.70 bits per heavy atom. The molecule has 1 heterocycles. The van der Waals surface area contributed by atoms with Gasteiger partial charge in [0.1, 0.15) is 6.10 Å². The van der Waals surface area contributed by atoms with E-state index in [9.17, 15) is 19.2 Å². The summed E-state index contributed by atoms with van der Waals surface area (Å²) in [5.41, 5.74) is -0.484. The predicted molar refractivity (Wildman–Crippen MR) is 123 cm³/mol. The van der Waals surface area contributed by atoms with Crippen LogP contribution < -0.4 is 10.6 Å². The third-order valence-corrected chi connectivity index (χ3v) is 5.80. The van der Waals surface area contributed by atoms with Gasteiger partial charge in [-0.1, -0.05) is 25.6 Å². The number of amides is 2. The van der Waals surface area contributed by atoms with Crippen LogP contribution in [0.2, 0.25) is 0 Å². The predicted octanol–water partition coefficient (Wildman–Crippen LogP) is 1.75. The molecule has 0 aromatic carbocycles. The van der Waals surface area contributed by atoms with Gasteiger partial charge in [0.15, 0.2) is 10.9 Å². The molecule has 1 saturated heterocycles. The lowest BCUT2D eigenvalue weighted by Crippen LogP contribution is -2.56. The summed E-state index contributed by atoms with van der Waals surface area (Å²) in [6.45, 7) is 11.4. The number of hydrogen-bond donors (Lipinski definition) is 2. The van der Waals surface area contributed by atoms with Crippen LogP contribution in [0.15, 0.2) is 0 Å². The molecule has 0 aromatic heterocycles. The van der Waals surface area contributed by atoms with Crippen molar-refractivity contribution in [1.29, 1.82) is 0 Å². The van der Waals surface area contributed by atoms with Crippen molar-refractivity contribution in [2.45, 2.75) is 78.5 Å². The normalized spacial score (nSPS) is 19.4. The molecule has 1 aliphatic rings. The third kappa shape index (κ3) is 11.3. The zero-order chi connectivity index (χ0) is 25.3. The van der Waals surface area contributed by atoms with Crippen LogP contribution in [0.25, 0.3) is 0 Å². The Labute approximate surface area is 200 Å². The zero-order valence-corrected chi connectivity index (χ0v) is 21.5. The van der Waals surface area contributed by atoms with Gasteiger partial charge >= 0.3 is 5.97 Å². The molecule has 0 saturated carbocycles. The smallest absolute Gasteiger partial charge is 0.308 e. The fraction of sp³-hybridized carbons (Fsp3) is 0.818. The van der Waals surface area contributed by atoms with Gasteiger partial charge in [-0.05, 0) is 13.8 Å². The van der Waals surface area contributed by atoms with E-state index in [1.165, 1.54) is 7.11 Å². The molecule has 11 heteroatoms.